The Bertz CT molecular complexity index is 104. The average molecular weight is 144 g/mol. The van der Waals surface area contributed by atoms with Crippen molar-refractivity contribution in [2.24, 2.45) is 5.92 Å². The quantitative estimate of drug-likeness (QED) is 0.630. The Kier molecular flexibility index (Phi) is 2.32. The van der Waals surface area contributed by atoms with Crippen molar-refractivity contribution < 1.29 is 9.84 Å². The zero-order valence-corrected chi connectivity index (χ0v) is 6.76. The van der Waals surface area contributed by atoms with Crippen LogP contribution in [0.25, 0.3) is 0 Å². The molecule has 0 bridgehead atoms. The van der Waals surface area contributed by atoms with Gasteiger partial charge in [-0.05, 0) is 18.8 Å². The predicted molar refractivity (Wildman–Crippen MR) is 39.8 cm³/mol. The molecule has 0 aliphatic carbocycles. The van der Waals surface area contributed by atoms with Crippen LogP contribution in [0.4, 0.5) is 0 Å². The molecule has 0 spiro atoms. The first-order valence-corrected chi connectivity index (χ1v) is 3.96. The summed E-state index contributed by atoms with van der Waals surface area (Å²) in [6.45, 7) is 5.19. The van der Waals surface area contributed by atoms with Gasteiger partial charge in [0.25, 0.3) is 0 Å². The number of aliphatic hydroxyl groups excluding tert-OH is 1. The summed E-state index contributed by atoms with van der Waals surface area (Å²) in [7, 11) is 0. The van der Waals surface area contributed by atoms with E-state index in [1.165, 1.54) is 0 Å². The zero-order chi connectivity index (χ0) is 7.61. The summed E-state index contributed by atoms with van der Waals surface area (Å²) in [5.41, 5.74) is -0.208. The first-order valence-electron chi connectivity index (χ1n) is 3.96. The minimum atomic E-state index is -0.208. The summed E-state index contributed by atoms with van der Waals surface area (Å²) in [4.78, 5) is 0. The van der Waals surface area contributed by atoms with Crippen LogP contribution >= 0.6 is 0 Å². The van der Waals surface area contributed by atoms with Crippen LogP contribution < -0.4 is 0 Å². The fourth-order valence-electron chi connectivity index (χ4n) is 1.48. The Balaban J connectivity index is 2.58. The number of rotatable bonds is 2. The van der Waals surface area contributed by atoms with Crippen molar-refractivity contribution in [2.75, 3.05) is 13.2 Å². The van der Waals surface area contributed by atoms with E-state index in [1.807, 2.05) is 0 Å². The van der Waals surface area contributed by atoms with Gasteiger partial charge in [-0.15, -0.1) is 0 Å². The Morgan fingerprint density at radius 2 is 2.30 bits per heavy atom. The summed E-state index contributed by atoms with van der Waals surface area (Å²) in [6, 6.07) is 0. The summed E-state index contributed by atoms with van der Waals surface area (Å²) in [5.74, 6) is 0.431. The highest BCUT2D eigenvalue weighted by molar-refractivity contribution is 4.87. The molecule has 1 heterocycles. The van der Waals surface area contributed by atoms with Gasteiger partial charge < -0.3 is 9.84 Å². The van der Waals surface area contributed by atoms with Crippen LogP contribution in [0, 0.1) is 5.92 Å². The van der Waals surface area contributed by atoms with Crippen molar-refractivity contribution in [3.8, 4) is 0 Å². The van der Waals surface area contributed by atoms with Crippen molar-refractivity contribution in [3.63, 3.8) is 0 Å². The van der Waals surface area contributed by atoms with Gasteiger partial charge in [-0.1, -0.05) is 13.8 Å². The molecule has 0 aromatic heterocycles. The van der Waals surface area contributed by atoms with Crippen LogP contribution in [0.15, 0.2) is 0 Å². The molecular formula is C8H16O2. The first-order chi connectivity index (χ1) is 4.71. The van der Waals surface area contributed by atoms with Gasteiger partial charge in [0.2, 0.25) is 0 Å². The summed E-state index contributed by atoms with van der Waals surface area (Å²) in [5, 5.41) is 9.06. The van der Waals surface area contributed by atoms with E-state index in [9.17, 15) is 0 Å². The monoisotopic (exact) mass is 144 g/mol. The maximum atomic E-state index is 9.06. The van der Waals surface area contributed by atoms with E-state index in [0.717, 1.165) is 19.4 Å². The van der Waals surface area contributed by atoms with Crippen molar-refractivity contribution in [1.29, 1.82) is 0 Å². The van der Waals surface area contributed by atoms with Crippen LogP contribution in [0.1, 0.15) is 26.7 Å². The lowest BCUT2D eigenvalue weighted by atomic mass is 9.88. The molecule has 0 aromatic carbocycles. The molecule has 1 atom stereocenters. The van der Waals surface area contributed by atoms with Crippen molar-refractivity contribution in [1.82, 2.24) is 0 Å². The summed E-state index contributed by atoms with van der Waals surface area (Å²) < 4.78 is 5.50. The Morgan fingerprint density at radius 3 is 2.50 bits per heavy atom. The lowest BCUT2D eigenvalue weighted by molar-refractivity contribution is -0.0701. The van der Waals surface area contributed by atoms with Gasteiger partial charge >= 0.3 is 0 Å². The van der Waals surface area contributed by atoms with E-state index >= 15 is 0 Å². The third-order valence-electron chi connectivity index (χ3n) is 2.45. The molecule has 1 fully saturated rings. The van der Waals surface area contributed by atoms with Gasteiger partial charge in [0.05, 0.1) is 12.2 Å². The lowest BCUT2D eigenvalue weighted by Crippen LogP contribution is -2.38. The second-order valence-corrected chi connectivity index (χ2v) is 3.33. The van der Waals surface area contributed by atoms with E-state index in [2.05, 4.69) is 13.8 Å². The molecule has 0 aromatic rings. The van der Waals surface area contributed by atoms with Gasteiger partial charge in [-0.3, -0.25) is 0 Å². The second kappa shape index (κ2) is 2.89. The third-order valence-corrected chi connectivity index (χ3v) is 2.45. The van der Waals surface area contributed by atoms with E-state index in [4.69, 9.17) is 9.84 Å². The summed E-state index contributed by atoms with van der Waals surface area (Å²) in [6.07, 6.45) is 2.11. The molecule has 1 unspecified atom stereocenters. The molecule has 1 rings (SSSR count). The molecule has 1 aliphatic rings. The molecule has 1 N–H and O–H groups in total. The smallest absolute Gasteiger partial charge is 0.0935 e. The topological polar surface area (TPSA) is 29.5 Å². The minimum absolute atomic E-state index is 0.171. The molecule has 2 nitrogen and oxygen atoms in total. The van der Waals surface area contributed by atoms with E-state index in [0.29, 0.717) is 5.92 Å². The van der Waals surface area contributed by atoms with Crippen LogP contribution in [-0.2, 0) is 4.74 Å². The number of aliphatic hydroxyl groups is 1. The van der Waals surface area contributed by atoms with E-state index in [1.54, 1.807) is 0 Å². The van der Waals surface area contributed by atoms with Gasteiger partial charge in [0, 0.05) is 6.61 Å². The van der Waals surface area contributed by atoms with Gasteiger partial charge in [0.1, 0.15) is 0 Å². The van der Waals surface area contributed by atoms with Crippen LogP contribution in [0.5, 0.6) is 0 Å². The molecule has 1 saturated heterocycles. The maximum absolute atomic E-state index is 9.06. The van der Waals surface area contributed by atoms with Crippen molar-refractivity contribution >= 4 is 0 Å². The highest BCUT2D eigenvalue weighted by Crippen LogP contribution is 2.32. The molecule has 0 amide bonds. The van der Waals surface area contributed by atoms with Gasteiger partial charge in [0.15, 0.2) is 0 Å². The average Bonchev–Trinajstić information content (AvgIpc) is 2.35. The van der Waals surface area contributed by atoms with Crippen LogP contribution in [-0.4, -0.2) is 23.9 Å². The van der Waals surface area contributed by atoms with Crippen LogP contribution in [0.2, 0.25) is 0 Å². The number of hydrogen-bond donors (Lipinski definition) is 1. The third kappa shape index (κ3) is 1.18. The Morgan fingerprint density at radius 1 is 1.60 bits per heavy atom. The van der Waals surface area contributed by atoms with E-state index < -0.39 is 0 Å². The second-order valence-electron chi connectivity index (χ2n) is 3.33. The maximum Gasteiger partial charge on any atom is 0.0935 e. The molecule has 10 heavy (non-hydrogen) atoms. The van der Waals surface area contributed by atoms with Crippen LogP contribution in [0.3, 0.4) is 0 Å². The Hall–Kier alpha value is -0.0800. The van der Waals surface area contributed by atoms with Crippen molar-refractivity contribution in [2.45, 2.75) is 32.3 Å². The fourth-order valence-corrected chi connectivity index (χ4v) is 1.48. The molecular weight excluding hydrogens is 128 g/mol. The standard InChI is InChI=1S/C8H16O2/c1-7(2)8(6-9)4-3-5-10-8/h7,9H,3-6H2,1-2H3. The highest BCUT2D eigenvalue weighted by atomic mass is 16.5. The molecule has 2 heteroatoms. The minimum Gasteiger partial charge on any atom is -0.393 e. The first kappa shape index (κ1) is 8.02. The van der Waals surface area contributed by atoms with Gasteiger partial charge in [-0.25, -0.2) is 0 Å². The highest BCUT2D eigenvalue weighted by Gasteiger charge is 2.37. The number of ether oxygens (including phenoxy) is 1. The zero-order valence-electron chi connectivity index (χ0n) is 6.76. The SMILES string of the molecule is CC(C)C1(CO)CCCO1. The number of hydrogen-bond acceptors (Lipinski definition) is 2. The van der Waals surface area contributed by atoms with Crippen molar-refractivity contribution in [3.05, 3.63) is 0 Å². The van der Waals surface area contributed by atoms with E-state index in [-0.39, 0.29) is 12.2 Å². The fraction of sp³-hybridized carbons (Fsp3) is 1.00. The molecule has 0 saturated carbocycles. The Labute approximate surface area is 62.2 Å². The normalized spacial score (nSPS) is 33.6. The lowest BCUT2D eigenvalue weighted by Gasteiger charge is -2.29. The predicted octanol–water partition coefficient (Wildman–Crippen LogP) is 1.18. The summed E-state index contributed by atoms with van der Waals surface area (Å²) >= 11 is 0. The van der Waals surface area contributed by atoms with Gasteiger partial charge in [-0.2, -0.15) is 0 Å². The molecule has 0 radical (unpaired) electrons. The molecule has 60 valence electrons. The molecule has 1 aliphatic heterocycles. The largest absolute Gasteiger partial charge is 0.393 e.